The van der Waals surface area contributed by atoms with Crippen molar-refractivity contribution in [3.05, 3.63) is 0 Å². The third-order valence-electron chi connectivity index (χ3n) is 2.67. The van der Waals surface area contributed by atoms with Gasteiger partial charge in [-0.2, -0.15) is 0 Å². The van der Waals surface area contributed by atoms with Crippen LogP contribution in [0, 0.1) is 0 Å². The van der Waals surface area contributed by atoms with Gasteiger partial charge in [0.25, 0.3) is 0 Å². The third kappa shape index (κ3) is 6.14. The summed E-state index contributed by atoms with van der Waals surface area (Å²) in [6, 6.07) is 0.117. The first-order valence-corrected chi connectivity index (χ1v) is 6.32. The summed E-state index contributed by atoms with van der Waals surface area (Å²) in [4.78, 5) is 22.6. The van der Waals surface area contributed by atoms with E-state index in [4.69, 9.17) is 4.74 Å². The molecule has 5 heteroatoms. The number of nitrogens with one attached hydrogen (secondary N) is 2. The van der Waals surface area contributed by atoms with Crippen LogP contribution >= 0.6 is 0 Å². The van der Waals surface area contributed by atoms with Gasteiger partial charge in [-0.25, -0.2) is 4.79 Å². The van der Waals surface area contributed by atoms with Gasteiger partial charge in [0, 0.05) is 12.6 Å². The van der Waals surface area contributed by atoms with Gasteiger partial charge in [0.05, 0.1) is 12.5 Å². The molecule has 1 fully saturated rings. The second kappa shape index (κ2) is 7.14. The molecule has 2 N–H and O–H groups in total. The highest BCUT2D eigenvalue weighted by molar-refractivity contribution is 5.75. The second-order valence-electron chi connectivity index (χ2n) is 4.67. The van der Waals surface area contributed by atoms with Crippen LogP contribution in [-0.2, 0) is 9.53 Å². The number of carbonyl (C=O) groups excluding carboxylic acids is 2. The van der Waals surface area contributed by atoms with Crippen molar-refractivity contribution in [1.82, 2.24) is 10.6 Å². The number of hydrogen-bond donors (Lipinski definition) is 2. The van der Waals surface area contributed by atoms with Crippen molar-refractivity contribution in [1.29, 1.82) is 0 Å². The van der Waals surface area contributed by atoms with Crippen molar-refractivity contribution in [3.63, 3.8) is 0 Å². The SMILES string of the molecule is CC(C)OC(=O)CCNC(=O)NC1CCCC1. The van der Waals surface area contributed by atoms with E-state index in [1.807, 2.05) is 0 Å². The number of urea groups is 1. The van der Waals surface area contributed by atoms with Crippen molar-refractivity contribution in [3.8, 4) is 0 Å². The summed E-state index contributed by atoms with van der Waals surface area (Å²) >= 11 is 0. The van der Waals surface area contributed by atoms with Gasteiger partial charge in [0.2, 0.25) is 0 Å². The molecule has 0 heterocycles. The number of ether oxygens (including phenoxy) is 1. The van der Waals surface area contributed by atoms with Crippen LogP contribution < -0.4 is 10.6 Å². The molecule has 1 saturated carbocycles. The minimum atomic E-state index is -0.277. The van der Waals surface area contributed by atoms with Crippen molar-refractivity contribution in [2.24, 2.45) is 0 Å². The van der Waals surface area contributed by atoms with Gasteiger partial charge < -0.3 is 15.4 Å². The van der Waals surface area contributed by atoms with E-state index in [0.29, 0.717) is 12.6 Å². The lowest BCUT2D eigenvalue weighted by atomic mass is 10.2. The first-order valence-electron chi connectivity index (χ1n) is 6.32. The summed E-state index contributed by atoms with van der Waals surface area (Å²) < 4.78 is 4.95. The molecule has 98 valence electrons. The molecule has 0 aliphatic heterocycles. The molecule has 0 bridgehead atoms. The molecule has 17 heavy (non-hydrogen) atoms. The van der Waals surface area contributed by atoms with Crippen LogP contribution in [-0.4, -0.2) is 30.7 Å². The molecule has 0 aromatic carbocycles. The van der Waals surface area contributed by atoms with Crippen molar-refractivity contribution in [2.75, 3.05) is 6.54 Å². The van der Waals surface area contributed by atoms with Crippen LogP contribution in [0.5, 0.6) is 0 Å². The summed E-state index contributed by atoms with van der Waals surface area (Å²) in [6.45, 7) is 3.93. The quantitative estimate of drug-likeness (QED) is 0.719. The summed E-state index contributed by atoms with van der Waals surface area (Å²) in [5, 5.41) is 5.55. The predicted molar refractivity (Wildman–Crippen MR) is 64.6 cm³/mol. The minimum Gasteiger partial charge on any atom is -0.463 e. The lowest BCUT2D eigenvalue weighted by molar-refractivity contribution is -0.147. The van der Waals surface area contributed by atoms with Crippen molar-refractivity contribution in [2.45, 2.75) is 58.1 Å². The second-order valence-corrected chi connectivity index (χ2v) is 4.67. The van der Waals surface area contributed by atoms with E-state index in [-0.39, 0.29) is 24.5 Å². The molecular formula is C12H22N2O3. The van der Waals surface area contributed by atoms with E-state index in [9.17, 15) is 9.59 Å². The van der Waals surface area contributed by atoms with Gasteiger partial charge in [-0.1, -0.05) is 12.8 Å². The molecule has 0 spiro atoms. The molecule has 5 nitrogen and oxygen atoms in total. The normalized spacial score (nSPS) is 15.9. The summed E-state index contributed by atoms with van der Waals surface area (Å²) in [5.74, 6) is -0.277. The highest BCUT2D eigenvalue weighted by atomic mass is 16.5. The number of esters is 1. The fraction of sp³-hybridized carbons (Fsp3) is 0.833. The Morgan fingerprint density at radius 1 is 1.29 bits per heavy atom. The molecule has 1 aliphatic rings. The Morgan fingerprint density at radius 2 is 1.94 bits per heavy atom. The molecule has 2 amide bonds. The number of amides is 2. The lowest BCUT2D eigenvalue weighted by Crippen LogP contribution is -2.41. The van der Waals surface area contributed by atoms with E-state index in [2.05, 4.69) is 10.6 Å². The highest BCUT2D eigenvalue weighted by Crippen LogP contribution is 2.17. The maximum atomic E-state index is 11.4. The maximum Gasteiger partial charge on any atom is 0.315 e. The van der Waals surface area contributed by atoms with Crippen LogP contribution in [0.2, 0.25) is 0 Å². The fourth-order valence-electron chi connectivity index (χ4n) is 1.91. The van der Waals surface area contributed by atoms with E-state index < -0.39 is 0 Å². The van der Waals surface area contributed by atoms with E-state index in [1.54, 1.807) is 13.8 Å². The first-order chi connectivity index (χ1) is 8.08. The Labute approximate surface area is 102 Å². The van der Waals surface area contributed by atoms with E-state index in [1.165, 1.54) is 12.8 Å². The standard InChI is InChI=1S/C12H22N2O3/c1-9(2)17-11(15)7-8-13-12(16)14-10-5-3-4-6-10/h9-10H,3-8H2,1-2H3,(H2,13,14,16). The van der Waals surface area contributed by atoms with E-state index >= 15 is 0 Å². The molecule has 0 unspecified atom stereocenters. The Bertz CT molecular complexity index is 260. The van der Waals surface area contributed by atoms with Crippen LogP contribution in [0.3, 0.4) is 0 Å². The number of rotatable bonds is 5. The monoisotopic (exact) mass is 242 g/mol. The minimum absolute atomic E-state index is 0.102. The summed E-state index contributed by atoms with van der Waals surface area (Å²) in [7, 11) is 0. The molecule has 0 saturated heterocycles. The van der Waals surface area contributed by atoms with Crippen molar-refractivity contribution >= 4 is 12.0 Å². The molecule has 0 aromatic heterocycles. The van der Waals surface area contributed by atoms with Gasteiger partial charge in [0.1, 0.15) is 0 Å². The van der Waals surface area contributed by atoms with Crippen LogP contribution in [0.1, 0.15) is 46.0 Å². The lowest BCUT2D eigenvalue weighted by Gasteiger charge is -2.13. The average Bonchev–Trinajstić information content (AvgIpc) is 2.69. The number of carbonyl (C=O) groups is 2. The molecular weight excluding hydrogens is 220 g/mol. The molecule has 0 radical (unpaired) electrons. The highest BCUT2D eigenvalue weighted by Gasteiger charge is 2.16. The molecule has 1 aliphatic carbocycles. The zero-order valence-corrected chi connectivity index (χ0v) is 10.6. The summed E-state index contributed by atoms with van der Waals surface area (Å²) in [6.07, 6.45) is 4.61. The molecule has 0 aromatic rings. The summed E-state index contributed by atoms with van der Waals surface area (Å²) in [5.41, 5.74) is 0. The Hall–Kier alpha value is -1.26. The molecule has 1 rings (SSSR count). The van der Waals surface area contributed by atoms with E-state index in [0.717, 1.165) is 12.8 Å². The Kier molecular flexibility index (Phi) is 5.80. The van der Waals surface area contributed by atoms with Crippen molar-refractivity contribution < 1.29 is 14.3 Å². The topological polar surface area (TPSA) is 67.4 Å². The predicted octanol–water partition coefficient (Wildman–Crippen LogP) is 1.57. The van der Waals surface area contributed by atoms with Gasteiger partial charge in [0.15, 0.2) is 0 Å². The molecule has 0 atom stereocenters. The van der Waals surface area contributed by atoms with Crippen LogP contribution in [0.15, 0.2) is 0 Å². The maximum absolute atomic E-state index is 11.4. The van der Waals surface area contributed by atoms with Gasteiger partial charge >= 0.3 is 12.0 Å². The van der Waals surface area contributed by atoms with Gasteiger partial charge in [-0.05, 0) is 26.7 Å². The number of hydrogen-bond acceptors (Lipinski definition) is 3. The zero-order chi connectivity index (χ0) is 12.7. The Balaban J connectivity index is 2.05. The van der Waals surface area contributed by atoms with Gasteiger partial charge in [-0.3, -0.25) is 4.79 Å². The zero-order valence-electron chi connectivity index (χ0n) is 10.6. The average molecular weight is 242 g/mol. The first kappa shape index (κ1) is 13.8. The third-order valence-corrected chi connectivity index (χ3v) is 2.67. The Morgan fingerprint density at radius 3 is 2.53 bits per heavy atom. The fourth-order valence-corrected chi connectivity index (χ4v) is 1.91. The largest absolute Gasteiger partial charge is 0.463 e. The van der Waals surface area contributed by atoms with Gasteiger partial charge in [-0.15, -0.1) is 0 Å². The van der Waals surface area contributed by atoms with Crippen LogP contribution in [0.4, 0.5) is 4.79 Å². The smallest absolute Gasteiger partial charge is 0.315 e. The van der Waals surface area contributed by atoms with Crippen LogP contribution in [0.25, 0.3) is 0 Å².